The van der Waals surface area contributed by atoms with Crippen molar-refractivity contribution in [2.75, 3.05) is 33.2 Å². The third kappa shape index (κ3) is 4.15. The predicted molar refractivity (Wildman–Crippen MR) is 101 cm³/mol. The lowest BCUT2D eigenvalue weighted by molar-refractivity contribution is -0.125. The molecular formula is C18H26N4O4S. The monoisotopic (exact) mass is 394 g/mol. The molecule has 9 heteroatoms. The largest absolute Gasteiger partial charge is 0.341 e. The van der Waals surface area contributed by atoms with Gasteiger partial charge in [-0.15, -0.1) is 0 Å². The molecule has 27 heavy (non-hydrogen) atoms. The number of nitrogens with one attached hydrogen (secondary N) is 2. The van der Waals surface area contributed by atoms with E-state index < -0.39 is 28.0 Å². The van der Waals surface area contributed by atoms with Crippen LogP contribution in [-0.2, 0) is 27.7 Å². The molecule has 2 N–H and O–H groups in total. The molecule has 1 aliphatic heterocycles. The van der Waals surface area contributed by atoms with Crippen molar-refractivity contribution in [3.63, 3.8) is 0 Å². The zero-order chi connectivity index (χ0) is 19.6. The Bertz CT molecular complexity index is 832. The van der Waals surface area contributed by atoms with Gasteiger partial charge in [-0.05, 0) is 49.4 Å². The van der Waals surface area contributed by atoms with Gasteiger partial charge in [-0.3, -0.25) is 15.0 Å². The van der Waals surface area contributed by atoms with E-state index in [1.165, 1.54) is 16.9 Å². The number of carbonyl (C=O) groups is 2. The van der Waals surface area contributed by atoms with Crippen molar-refractivity contribution in [2.45, 2.75) is 37.1 Å². The van der Waals surface area contributed by atoms with Crippen molar-refractivity contribution in [2.24, 2.45) is 0 Å². The molecule has 3 rings (SSSR count). The Balaban J connectivity index is 1.63. The van der Waals surface area contributed by atoms with E-state index in [4.69, 9.17) is 0 Å². The first-order valence-electron chi connectivity index (χ1n) is 9.21. The lowest BCUT2D eigenvalue weighted by atomic mass is 10.1. The molecule has 1 fully saturated rings. The Kier molecular flexibility index (Phi) is 5.83. The third-order valence-corrected chi connectivity index (χ3v) is 7.27. The minimum Gasteiger partial charge on any atom is -0.341 e. The summed E-state index contributed by atoms with van der Waals surface area (Å²) >= 11 is 0. The lowest BCUT2D eigenvalue weighted by Gasteiger charge is -2.36. The minimum absolute atomic E-state index is 0.316. The number of rotatable bonds is 4. The zero-order valence-electron chi connectivity index (χ0n) is 15.7. The number of carbonyl (C=O) groups excluding carboxylic acids is 2. The Morgan fingerprint density at radius 3 is 2.41 bits per heavy atom. The summed E-state index contributed by atoms with van der Waals surface area (Å²) in [5, 5.41) is 4.59. The van der Waals surface area contributed by atoms with E-state index >= 15 is 0 Å². The number of fused-ring (bicyclic) bond motifs is 1. The highest BCUT2D eigenvalue weighted by atomic mass is 32.2. The molecule has 0 radical (unpaired) electrons. The highest BCUT2D eigenvalue weighted by Gasteiger charge is 2.32. The molecule has 148 valence electrons. The molecule has 1 heterocycles. The highest BCUT2D eigenvalue weighted by Crippen LogP contribution is 2.26. The van der Waals surface area contributed by atoms with Crippen molar-refractivity contribution in [1.82, 2.24) is 19.8 Å². The van der Waals surface area contributed by atoms with Gasteiger partial charge in [0.15, 0.2) is 0 Å². The van der Waals surface area contributed by atoms with Gasteiger partial charge in [0.2, 0.25) is 15.9 Å². The maximum absolute atomic E-state index is 13.0. The van der Waals surface area contributed by atoms with Crippen molar-refractivity contribution in [3.8, 4) is 0 Å². The molecule has 3 amide bonds. The minimum atomic E-state index is -3.53. The van der Waals surface area contributed by atoms with Gasteiger partial charge in [-0.2, -0.15) is 4.31 Å². The van der Waals surface area contributed by atoms with Gasteiger partial charge in [0.05, 0.1) is 10.9 Å². The highest BCUT2D eigenvalue weighted by molar-refractivity contribution is 7.89. The number of amides is 3. The fourth-order valence-electron chi connectivity index (χ4n) is 3.63. The van der Waals surface area contributed by atoms with E-state index in [-0.39, 0.29) is 0 Å². The van der Waals surface area contributed by atoms with Crippen LogP contribution < -0.4 is 10.6 Å². The SMILES string of the molecule is CNC(=O)NC(=O)[C@H](C)N1CCN(S(=O)(=O)c2ccc3c(c2)CCC3)CC1. The van der Waals surface area contributed by atoms with Crippen LogP contribution in [0.1, 0.15) is 24.5 Å². The summed E-state index contributed by atoms with van der Waals surface area (Å²) < 4.78 is 27.4. The molecule has 8 nitrogen and oxygen atoms in total. The van der Waals surface area contributed by atoms with E-state index in [0.717, 1.165) is 24.8 Å². The normalized spacial score (nSPS) is 19.3. The Hall–Kier alpha value is -1.97. The van der Waals surface area contributed by atoms with E-state index in [9.17, 15) is 18.0 Å². The second-order valence-corrected chi connectivity index (χ2v) is 8.91. The molecule has 1 saturated heterocycles. The van der Waals surface area contributed by atoms with Gasteiger partial charge >= 0.3 is 6.03 Å². The summed E-state index contributed by atoms with van der Waals surface area (Å²) in [7, 11) is -2.09. The molecule has 1 aromatic carbocycles. The molecular weight excluding hydrogens is 368 g/mol. The van der Waals surface area contributed by atoms with E-state index in [1.54, 1.807) is 13.0 Å². The van der Waals surface area contributed by atoms with E-state index in [1.807, 2.05) is 17.0 Å². The molecule has 2 aliphatic rings. The molecule has 1 aromatic rings. The van der Waals surface area contributed by atoms with E-state index in [2.05, 4.69) is 10.6 Å². The number of imide groups is 1. The van der Waals surface area contributed by atoms with Gasteiger partial charge < -0.3 is 5.32 Å². The maximum Gasteiger partial charge on any atom is 0.321 e. The third-order valence-electron chi connectivity index (χ3n) is 5.37. The summed E-state index contributed by atoms with van der Waals surface area (Å²) in [6.45, 7) is 3.22. The Morgan fingerprint density at radius 1 is 1.07 bits per heavy atom. The number of hydrogen-bond donors (Lipinski definition) is 2. The van der Waals surface area contributed by atoms with Crippen LogP contribution in [0.5, 0.6) is 0 Å². The first-order chi connectivity index (χ1) is 12.8. The van der Waals surface area contributed by atoms with Crippen LogP contribution in [0, 0.1) is 0 Å². The fraction of sp³-hybridized carbons (Fsp3) is 0.556. The van der Waals surface area contributed by atoms with Crippen LogP contribution in [0.25, 0.3) is 0 Å². The van der Waals surface area contributed by atoms with Gasteiger partial charge in [-0.1, -0.05) is 6.07 Å². The van der Waals surface area contributed by atoms with Crippen LogP contribution in [0.4, 0.5) is 4.79 Å². The molecule has 1 atom stereocenters. The van der Waals surface area contributed by atoms with Gasteiger partial charge in [0.25, 0.3) is 0 Å². The average Bonchev–Trinajstić information content (AvgIpc) is 3.15. The fourth-order valence-corrected chi connectivity index (χ4v) is 5.11. The summed E-state index contributed by atoms with van der Waals surface area (Å²) in [5.74, 6) is -0.399. The number of urea groups is 1. The Morgan fingerprint density at radius 2 is 1.74 bits per heavy atom. The van der Waals surface area contributed by atoms with Crippen LogP contribution >= 0.6 is 0 Å². The molecule has 0 bridgehead atoms. The smallest absolute Gasteiger partial charge is 0.321 e. The second kappa shape index (κ2) is 7.95. The van der Waals surface area contributed by atoms with Crippen molar-refractivity contribution in [1.29, 1.82) is 0 Å². The van der Waals surface area contributed by atoms with Crippen LogP contribution in [0.2, 0.25) is 0 Å². The summed E-state index contributed by atoms with van der Waals surface area (Å²) in [4.78, 5) is 25.6. The van der Waals surface area contributed by atoms with Crippen molar-refractivity contribution in [3.05, 3.63) is 29.3 Å². The topological polar surface area (TPSA) is 98.8 Å². The molecule has 0 unspecified atom stereocenters. The van der Waals surface area contributed by atoms with E-state index in [0.29, 0.717) is 31.1 Å². The molecule has 1 aliphatic carbocycles. The zero-order valence-corrected chi connectivity index (χ0v) is 16.5. The number of sulfonamides is 1. The predicted octanol–water partition coefficient (Wildman–Crippen LogP) is 0.326. The lowest BCUT2D eigenvalue weighted by Crippen LogP contribution is -2.56. The van der Waals surface area contributed by atoms with Gasteiger partial charge in [0, 0.05) is 33.2 Å². The van der Waals surface area contributed by atoms with Crippen molar-refractivity contribution >= 4 is 22.0 Å². The Labute approximate surface area is 160 Å². The summed E-state index contributed by atoms with van der Waals surface area (Å²) in [6, 6.07) is 4.38. The molecule has 0 saturated carbocycles. The summed E-state index contributed by atoms with van der Waals surface area (Å²) in [5.41, 5.74) is 2.38. The standard InChI is InChI=1S/C18H26N4O4S/c1-13(17(23)20-18(24)19-2)21-8-10-22(11-9-21)27(25,26)16-7-6-14-4-3-5-15(14)12-16/h6-7,12-13H,3-5,8-11H2,1-2H3,(H2,19,20,23,24)/t13-/m0/s1. The average molecular weight is 394 g/mol. The number of aryl methyl sites for hydroxylation is 2. The number of piperazine rings is 1. The maximum atomic E-state index is 13.0. The number of benzene rings is 1. The quantitative estimate of drug-likeness (QED) is 0.767. The number of hydrogen-bond acceptors (Lipinski definition) is 5. The van der Waals surface area contributed by atoms with Crippen LogP contribution in [-0.4, -0.2) is 68.8 Å². The van der Waals surface area contributed by atoms with Crippen LogP contribution in [0.15, 0.2) is 23.1 Å². The van der Waals surface area contributed by atoms with Gasteiger partial charge in [0.1, 0.15) is 0 Å². The first-order valence-corrected chi connectivity index (χ1v) is 10.7. The number of nitrogens with zero attached hydrogens (tertiary/aromatic N) is 2. The second-order valence-electron chi connectivity index (χ2n) is 6.97. The van der Waals surface area contributed by atoms with Crippen molar-refractivity contribution < 1.29 is 18.0 Å². The molecule has 0 aromatic heterocycles. The van der Waals surface area contributed by atoms with Gasteiger partial charge in [-0.25, -0.2) is 13.2 Å². The summed E-state index contributed by atoms with van der Waals surface area (Å²) in [6.07, 6.45) is 3.03. The van der Waals surface area contributed by atoms with Crippen LogP contribution in [0.3, 0.4) is 0 Å². The first kappa shape index (κ1) is 19.8. The molecule has 0 spiro atoms.